The van der Waals surface area contributed by atoms with Gasteiger partial charge in [0.1, 0.15) is 5.75 Å². The summed E-state index contributed by atoms with van der Waals surface area (Å²) in [4.78, 5) is 28.3. The lowest BCUT2D eigenvalue weighted by molar-refractivity contribution is -0.130. The van der Waals surface area contributed by atoms with Gasteiger partial charge in [0.05, 0.1) is 17.3 Å². The number of nitrogens with one attached hydrogen (secondary N) is 1. The first kappa shape index (κ1) is 23.7. The van der Waals surface area contributed by atoms with Gasteiger partial charge in [-0.3, -0.25) is 19.5 Å². The standard InChI is InChI=1S/C23H22BrClN4O3S/c1-4-10-33-23-26-21(31)19-14-8-6-7-9-17(14)28(18(30)5-2)22(29(19)27-23)15-11-13(25)12-16(24)20(15)32-3/h4,6-9,11-12,19,22H,1,5,10H2,2-3H3,(H,26,27,31)/t19-,22-/m0/s1. The number of thioether (sulfide) groups is 1. The smallest absolute Gasteiger partial charge is 0.255 e. The zero-order chi connectivity index (χ0) is 23.7. The van der Waals surface area contributed by atoms with Gasteiger partial charge in [-0.1, -0.05) is 54.6 Å². The Morgan fingerprint density at radius 1 is 1.36 bits per heavy atom. The normalized spacial score (nSPS) is 19.3. The second-order valence-corrected chi connectivity index (χ2v) is 9.64. The molecule has 0 saturated carbocycles. The van der Waals surface area contributed by atoms with Crippen molar-refractivity contribution in [3.8, 4) is 5.75 Å². The lowest BCUT2D eigenvalue weighted by Gasteiger charge is -2.48. The van der Waals surface area contributed by atoms with E-state index in [0.29, 0.717) is 43.0 Å². The molecule has 33 heavy (non-hydrogen) atoms. The third-order valence-corrected chi connectivity index (χ3v) is 7.03. The minimum absolute atomic E-state index is 0.120. The summed E-state index contributed by atoms with van der Waals surface area (Å²) in [6, 6.07) is 10.1. The first-order valence-corrected chi connectivity index (χ1v) is 12.4. The van der Waals surface area contributed by atoms with Crippen LogP contribution in [0.2, 0.25) is 5.02 Å². The monoisotopic (exact) mass is 548 g/mol. The van der Waals surface area contributed by atoms with E-state index in [9.17, 15) is 9.59 Å². The number of amidine groups is 1. The highest BCUT2D eigenvalue weighted by molar-refractivity contribution is 9.10. The average Bonchev–Trinajstić information content (AvgIpc) is 2.80. The van der Waals surface area contributed by atoms with Crippen molar-refractivity contribution in [2.24, 2.45) is 5.10 Å². The fourth-order valence-corrected chi connectivity index (χ4v) is 5.66. The number of hydrazone groups is 1. The molecule has 0 aromatic heterocycles. The van der Waals surface area contributed by atoms with Crippen molar-refractivity contribution in [2.75, 3.05) is 17.8 Å². The highest BCUT2D eigenvalue weighted by atomic mass is 79.9. The van der Waals surface area contributed by atoms with Gasteiger partial charge in [-0.05, 0) is 34.1 Å². The van der Waals surface area contributed by atoms with Gasteiger partial charge >= 0.3 is 0 Å². The fourth-order valence-electron chi connectivity index (χ4n) is 4.06. The Morgan fingerprint density at radius 2 is 2.12 bits per heavy atom. The van der Waals surface area contributed by atoms with E-state index < -0.39 is 12.2 Å². The molecule has 2 heterocycles. The van der Waals surface area contributed by atoms with Crippen LogP contribution in [-0.2, 0) is 9.59 Å². The molecule has 10 heteroatoms. The van der Waals surface area contributed by atoms with E-state index in [-0.39, 0.29) is 18.2 Å². The van der Waals surface area contributed by atoms with Crippen LogP contribution in [0.15, 0.2) is 58.6 Å². The highest BCUT2D eigenvalue weighted by Gasteiger charge is 2.48. The number of benzene rings is 2. The number of halogens is 2. The first-order chi connectivity index (χ1) is 15.9. The lowest BCUT2D eigenvalue weighted by atomic mass is 9.94. The van der Waals surface area contributed by atoms with E-state index in [0.717, 1.165) is 0 Å². The van der Waals surface area contributed by atoms with Crippen LogP contribution in [-0.4, -0.2) is 34.9 Å². The molecule has 0 radical (unpaired) electrons. The van der Waals surface area contributed by atoms with Crippen molar-refractivity contribution in [2.45, 2.75) is 25.6 Å². The molecule has 0 bridgehead atoms. The van der Waals surface area contributed by atoms with Crippen LogP contribution in [0.3, 0.4) is 0 Å². The van der Waals surface area contributed by atoms with Crippen LogP contribution in [0.5, 0.6) is 5.75 Å². The lowest BCUT2D eigenvalue weighted by Crippen LogP contribution is -2.55. The van der Waals surface area contributed by atoms with Crippen LogP contribution < -0.4 is 15.0 Å². The quantitative estimate of drug-likeness (QED) is 0.517. The first-order valence-electron chi connectivity index (χ1n) is 10.3. The Bertz CT molecular complexity index is 1160. The summed E-state index contributed by atoms with van der Waals surface area (Å²) in [6.45, 7) is 5.54. The maximum absolute atomic E-state index is 13.3. The second kappa shape index (κ2) is 9.79. The van der Waals surface area contributed by atoms with Gasteiger partial charge < -0.3 is 10.1 Å². The Kier molecular flexibility index (Phi) is 7.02. The largest absolute Gasteiger partial charge is 0.495 e. The van der Waals surface area contributed by atoms with E-state index in [1.165, 1.54) is 11.8 Å². The number of anilines is 1. The predicted octanol–water partition coefficient (Wildman–Crippen LogP) is 5.23. The molecule has 2 aromatic carbocycles. The summed E-state index contributed by atoms with van der Waals surface area (Å²) in [6.07, 6.45) is 1.24. The van der Waals surface area contributed by atoms with Crippen LogP contribution >= 0.6 is 39.3 Å². The number of carbonyl (C=O) groups is 2. The van der Waals surface area contributed by atoms with Crippen molar-refractivity contribution in [3.05, 3.63) is 69.7 Å². The molecule has 0 aliphatic carbocycles. The fraction of sp³-hybridized carbons (Fsp3) is 0.261. The van der Waals surface area contributed by atoms with Crippen molar-refractivity contribution in [1.82, 2.24) is 10.3 Å². The van der Waals surface area contributed by atoms with Crippen molar-refractivity contribution in [3.63, 3.8) is 0 Å². The summed E-state index contributed by atoms with van der Waals surface area (Å²) < 4.78 is 6.33. The molecule has 2 aliphatic rings. The number of fused-ring (bicyclic) bond motifs is 3. The number of nitrogens with zero attached hydrogens (tertiary/aromatic N) is 3. The minimum Gasteiger partial charge on any atom is -0.495 e. The molecule has 1 N–H and O–H groups in total. The Labute approximate surface area is 209 Å². The van der Waals surface area contributed by atoms with E-state index in [1.54, 1.807) is 42.2 Å². The van der Waals surface area contributed by atoms with Gasteiger partial charge in [0.15, 0.2) is 17.4 Å². The zero-order valence-electron chi connectivity index (χ0n) is 18.0. The van der Waals surface area contributed by atoms with Crippen LogP contribution in [0, 0.1) is 0 Å². The zero-order valence-corrected chi connectivity index (χ0v) is 21.2. The number of carbonyl (C=O) groups excluding carboxylic acids is 2. The topological polar surface area (TPSA) is 74.2 Å². The van der Waals surface area contributed by atoms with E-state index >= 15 is 0 Å². The third kappa shape index (κ3) is 4.25. The molecule has 172 valence electrons. The van der Waals surface area contributed by atoms with Gasteiger partial charge in [-0.2, -0.15) is 0 Å². The highest BCUT2D eigenvalue weighted by Crippen LogP contribution is 2.50. The Balaban J connectivity index is 2.01. The maximum Gasteiger partial charge on any atom is 0.255 e. The summed E-state index contributed by atoms with van der Waals surface area (Å²) in [7, 11) is 1.55. The molecule has 2 aromatic rings. The summed E-state index contributed by atoms with van der Waals surface area (Å²) >= 11 is 11.3. The molecule has 0 unspecified atom stereocenters. The number of methoxy groups -OCH3 is 1. The van der Waals surface area contributed by atoms with Crippen LogP contribution in [0.4, 0.5) is 5.69 Å². The molecule has 0 saturated heterocycles. The number of hydrogen-bond donors (Lipinski definition) is 1. The van der Waals surface area contributed by atoms with Crippen molar-refractivity contribution < 1.29 is 14.3 Å². The van der Waals surface area contributed by atoms with Crippen molar-refractivity contribution in [1.29, 1.82) is 0 Å². The third-order valence-electron chi connectivity index (χ3n) is 5.36. The number of amides is 2. The SMILES string of the molecule is C=CCSC1=NN2[C@H](C(=O)N1)c1ccccc1N(C(=O)CC)[C@@H]2c1cc(Cl)cc(Br)c1OC. The average molecular weight is 550 g/mol. The van der Waals surface area contributed by atoms with Gasteiger partial charge in [-0.15, -0.1) is 11.7 Å². The molecular weight excluding hydrogens is 528 g/mol. The van der Waals surface area contributed by atoms with E-state index in [4.69, 9.17) is 21.4 Å². The Hall–Kier alpha value is -2.49. The minimum atomic E-state index is -0.757. The second-order valence-electron chi connectivity index (χ2n) is 7.34. The molecule has 0 fully saturated rings. The maximum atomic E-state index is 13.3. The Morgan fingerprint density at radius 3 is 2.82 bits per heavy atom. The van der Waals surface area contributed by atoms with Gasteiger partial charge in [0.2, 0.25) is 5.91 Å². The van der Waals surface area contributed by atoms with Crippen LogP contribution in [0.25, 0.3) is 0 Å². The van der Waals surface area contributed by atoms with Gasteiger partial charge in [-0.25, -0.2) is 0 Å². The number of para-hydroxylation sites is 1. The molecule has 4 rings (SSSR count). The predicted molar refractivity (Wildman–Crippen MR) is 135 cm³/mol. The number of hydrogen-bond acceptors (Lipinski definition) is 6. The van der Waals surface area contributed by atoms with E-state index in [2.05, 4.69) is 27.8 Å². The molecular formula is C23H22BrClN4O3S. The van der Waals surface area contributed by atoms with Crippen LogP contribution in [0.1, 0.15) is 36.7 Å². The molecule has 7 nitrogen and oxygen atoms in total. The van der Waals surface area contributed by atoms with Gasteiger partial charge in [0.25, 0.3) is 5.91 Å². The molecule has 2 amide bonds. The summed E-state index contributed by atoms with van der Waals surface area (Å²) in [5.74, 6) is 0.740. The van der Waals surface area contributed by atoms with Crippen molar-refractivity contribution >= 4 is 62.0 Å². The summed E-state index contributed by atoms with van der Waals surface area (Å²) in [5, 5.41) is 10.2. The molecule has 2 aliphatic heterocycles. The van der Waals surface area contributed by atoms with E-state index in [1.807, 2.05) is 24.3 Å². The molecule has 0 spiro atoms. The van der Waals surface area contributed by atoms with Gasteiger partial charge in [0, 0.05) is 28.3 Å². The number of rotatable bonds is 5. The number of ether oxygens (including phenoxy) is 1. The summed E-state index contributed by atoms with van der Waals surface area (Å²) in [5.41, 5.74) is 1.97. The molecule has 2 atom stereocenters.